The third-order valence-corrected chi connectivity index (χ3v) is 4.46. The van der Waals surface area contributed by atoms with Crippen LogP contribution in [-0.4, -0.2) is 30.0 Å². The summed E-state index contributed by atoms with van der Waals surface area (Å²) < 4.78 is 5.60. The molecule has 2 aromatic rings. The summed E-state index contributed by atoms with van der Waals surface area (Å²) in [5.74, 6) is 0.531. The first kappa shape index (κ1) is 14.2. The molecular weight excluding hydrogens is 290 g/mol. The highest BCUT2D eigenvalue weighted by Crippen LogP contribution is 2.45. The standard InChI is InChI=1S/C15H16ClN3O2/c1-5-15(21-4)10-7-11-9(13(16)18-8(2)17-11)6-12(10)19(3)14(15)20/h6-7H,5H2,1-4H3. The van der Waals surface area contributed by atoms with Crippen molar-refractivity contribution in [3.63, 3.8) is 0 Å². The van der Waals surface area contributed by atoms with E-state index in [0.717, 1.165) is 22.2 Å². The summed E-state index contributed by atoms with van der Waals surface area (Å²) in [6.45, 7) is 3.73. The molecule has 0 aliphatic carbocycles. The SMILES string of the molecule is CCC1(OC)C(=O)N(C)c2cc3c(Cl)nc(C)nc3cc21. The van der Waals surface area contributed by atoms with E-state index in [1.165, 1.54) is 0 Å². The fraction of sp³-hybridized carbons (Fsp3) is 0.400. The largest absolute Gasteiger partial charge is 0.364 e. The molecule has 1 aliphatic heterocycles. The van der Waals surface area contributed by atoms with Gasteiger partial charge in [-0.25, -0.2) is 9.97 Å². The quantitative estimate of drug-likeness (QED) is 0.801. The maximum atomic E-state index is 12.6. The van der Waals surface area contributed by atoms with Gasteiger partial charge < -0.3 is 9.64 Å². The highest BCUT2D eigenvalue weighted by molar-refractivity contribution is 6.34. The van der Waals surface area contributed by atoms with Crippen LogP contribution < -0.4 is 4.90 Å². The molecule has 0 saturated heterocycles. The van der Waals surface area contributed by atoms with E-state index in [4.69, 9.17) is 16.3 Å². The number of carbonyl (C=O) groups excluding carboxylic acids is 1. The van der Waals surface area contributed by atoms with Gasteiger partial charge in [0.25, 0.3) is 5.91 Å². The zero-order valence-corrected chi connectivity index (χ0v) is 13.2. The van der Waals surface area contributed by atoms with Gasteiger partial charge >= 0.3 is 0 Å². The second-order valence-electron chi connectivity index (χ2n) is 5.20. The number of amides is 1. The van der Waals surface area contributed by atoms with Crippen LogP contribution in [0.4, 0.5) is 5.69 Å². The fourth-order valence-electron chi connectivity index (χ4n) is 3.02. The Morgan fingerprint density at radius 1 is 1.38 bits per heavy atom. The third kappa shape index (κ3) is 1.77. The van der Waals surface area contributed by atoms with Crippen molar-refractivity contribution in [1.29, 1.82) is 0 Å². The van der Waals surface area contributed by atoms with Gasteiger partial charge in [-0.2, -0.15) is 0 Å². The molecule has 0 saturated carbocycles. The number of aromatic nitrogens is 2. The summed E-state index contributed by atoms with van der Waals surface area (Å²) in [4.78, 5) is 22.8. The smallest absolute Gasteiger partial charge is 0.263 e. The minimum absolute atomic E-state index is 0.0707. The van der Waals surface area contributed by atoms with Crippen LogP contribution in [0.2, 0.25) is 5.15 Å². The van der Waals surface area contributed by atoms with E-state index < -0.39 is 5.60 Å². The summed E-state index contributed by atoms with van der Waals surface area (Å²) in [7, 11) is 3.30. The number of benzene rings is 1. The number of likely N-dealkylation sites (N-methyl/N-ethyl adjacent to an activating group) is 1. The number of nitrogens with zero attached hydrogens (tertiary/aromatic N) is 3. The number of hydrogen-bond donors (Lipinski definition) is 0. The number of rotatable bonds is 2. The molecule has 1 atom stereocenters. The summed E-state index contributed by atoms with van der Waals surface area (Å²) in [5, 5.41) is 1.14. The lowest BCUT2D eigenvalue weighted by Gasteiger charge is -2.24. The number of halogens is 1. The van der Waals surface area contributed by atoms with Gasteiger partial charge in [0, 0.05) is 25.1 Å². The molecule has 6 heteroatoms. The topological polar surface area (TPSA) is 55.3 Å². The summed E-state index contributed by atoms with van der Waals surface area (Å²) in [6, 6.07) is 3.75. The van der Waals surface area contributed by atoms with Crippen LogP contribution >= 0.6 is 11.6 Å². The minimum atomic E-state index is -0.941. The molecule has 1 amide bonds. The number of anilines is 1. The number of carbonyl (C=O) groups is 1. The molecule has 110 valence electrons. The third-order valence-electron chi connectivity index (χ3n) is 4.17. The van der Waals surface area contributed by atoms with Gasteiger partial charge in [0.15, 0.2) is 5.60 Å². The highest BCUT2D eigenvalue weighted by Gasteiger charge is 2.49. The predicted octanol–water partition coefficient (Wildman–Crippen LogP) is 2.82. The van der Waals surface area contributed by atoms with Gasteiger partial charge in [-0.05, 0) is 25.5 Å². The Labute approximate surface area is 127 Å². The number of hydrogen-bond acceptors (Lipinski definition) is 4. The molecule has 0 N–H and O–H groups in total. The van der Waals surface area contributed by atoms with Crippen LogP contribution in [0, 0.1) is 6.92 Å². The normalized spacial score (nSPS) is 21.2. The van der Waals surface area contributed by atoms with Crippen molar-refractivity contribution in [3.8, 4) is 0 Å². The molecule has 0 fully saturated rings. The van der Waals surface area contributed by atoms with Crippen molar-refractivity contribution in [2.24, 2.45) is 0 Å². The van der Waals surface area contributed by atoms with Crippen LogP contribution in [0.15, 0.2) is 12.1 Å². The zero-order valence-electron chi connectivity index (χ0n) is 12.4. The lowest BCUT2D eigenvalue weighted by molar-refractivity contribution is -0.140. The molecule has 21 heavy (non-hydrogen) atoms. The van der Waals surface area contributed by atoms with Gasteiger partial charge in [0.1, 0.15) is 11.0 Å². The van der Waals surface area contributed by atoms with Crippen LogP contribution in [0.3, 0.4) is 0 Å². The average Bonchev–Trinajstić information content (AvgIpc) is 2.66. The molecule has 1 aromatic carbocycles. The van der Waals surface area contributed by atoms with Crippen LogP contribution in [0.1, 0.15) is 24.7 Å². The summed E-state index contributed by atoms with van der Waals surface area (Å²) in [5.41, 5.74) is 1.42. The first-order valence-corrected chi connectivity index (χ1v) is 7.14. The van der Waals surface area contributed by atoms with Crippen molar-refractivity contribution in [2.75, 3.05) is 19.1 Å². The first-order valence-electron chi connectivity index (χ1n) is 6.76. The molecule has 1 aliphatic rings. The van der Waals surface area contributed by atoms with Crippen LogP contribution in [0.5, 0.6) is 0 Å². The number of aryl methyl sites for hydroxylation is 1. The molecule has 0 radical (unpaired) electrons. The average molecular weight is 306 g/mol. The molecule has 5 nitrogen and oxygen atoms in total. The summed E-state index contributed by atoms with van der Waals surface area (Å²) in [6.07, 6.45) is 0.559. The maximum Gasteiger partial charge on any atom is 0.263 e. The van der Waals surface area contributed by atoms with E-state index in [2.05, 4.69) is 9.97 Å². The highest BCUT2D eigenvalue weighted by atomic mass is 35.5. The second kappa shape index (κ2) is 4.64. The Balaban J connectivity index is 2.38. The fourth-order valence-corrected chi connectivity index (χ4v) is 3.29. The van der Waals surface area contributed by atoms with Gasteiger partial charge in [-0.15, -0.1) is 0 Å². The van der Waals surface area contributed by atoms with Gasteiger partial charge in [-0.1, -0.05) is 18.5 Å². The lowest BCUT2D eigenvalue weighted by atomic mass is 9.91. The lowest BCUT2D eigenvalue weighted by Crippen LogP contribution is -2.39. The Hall–Kier alpha value is -1.72. The van der Waals surface area contributed by atoms with Crippen LogP contribution in [-0.2, 0) is 15.1 Å². The Kier molecular flexibility index (Phi) is 3.15. The van der Waals surface area contributed by atoms with Gasteiger partial charge in [0.2, 0.25) is 0 Å². The molecule has 2 heterocycles. The van der Waals surface area contributed by atoms with Crippen molar-refractivity contribution >= 4 is 34.1 Å². The number of fused-ring (bicyclic) bond motifs is 2. The Morgan fingerprint density at radius 2 is 2.10 bits per heavy atom. The van der Waals surface area contributed by atoms with Gasteiger partial charge in [0.05, 0.1) is 11.2 Å². The predicted molar refractivity (Wildman–Crippen MR) is 81.7 cm³/mol. The second-order valence-corrected chi connectivity index (χ2v) is 5.56. The molecular formula is C15H16ClN3O2. The maximum absolute atomic E-state index is 12.6. The van der Waals surface area contributed by atoms with Crippen molar-refractivity contribution in [3.05, 3.63) is 28.7 Å². The molecule has 3 rings (SSSR count). The number of methoxy groups -OCH3 is 1. The monoisotopic (exact) mass is 305 g/mol. The Morgan fingerprint density at radius 3 is 2.71 bits per heavy atom. The van der Waals surface area contributed by atoms with Crippen LogP contribution in [0.25, 0.3) is 10.9 Å². The van der Waals surface area contributed by atoms with Crippen molar-refractivity contribution < 1.29 is 9.53 Å². The van der Waals surface area contributed by atoms with E-state index in [-0.39, 0.29) is 5.91 Å². The first-order chi connectivity index (χ1) is 9.94. The van der Waals surface area contributed by atoms with E-state index >= 15 is 0 Å². The molecule has 1 aromatic heterocycles. The Bertz CT molecular complexity index is 756. The van der Waals surface area contributed by atoms with Gasteiger partial charge in [-0.3, -0.25) is 4.79 Å². The summed E-state index contributed by atoms with van der Waals surface area (Å²) >= 11 is 6.20. The zero-order chi connectivity index (χ0) is 15.4. The minimum Gasteiger partial charge on any atom is -0.364 e. The molecule has 1 unspecified atom stereocenters. The van der Waals surface area contributed by atoms with E-state index in [1.807, 2.05) is 19.1 Å². The molecule has 0 spiro atoms. The van der Waals surface area contributed by atoms with E-state index in [0.29, 0.717) is 17.4 Å². The molecule has 0 bridgehead atoms. The van der Waals surface area contributed by atoms with Crippen molar-refractivity contribution in [1.82, 2.24) is 9.97 Å². The van der Waals surface area contributed by atoms with Crippen molar-refractivity contribution in [2.45, 2.75) is 25.9 Å². The van der Waals surface area contributed by atoms with E-state index in [9.17, 15) is 4.79 Å². The van der Waals surface area contributed by atoms with E-state index in [1.54, 1.807) is 26.0 Å². The number of ether oxygens (including phenoxy) is 1.